The monoisotopic (exact) mass is 416 g/mol. The van der Waals surface area contributed by atoms with Gasteiger partial charge in [0.1, 0.15) is 6.54 Å². The first-order valence-electron chi connectivity index (χ1n) is 8.45. The van der Waals surface area contributed by atoms with Gasteiger partial charge in [-0.25, -0.2) is 4.79 Å². The van der Waals surface area contributed by atoms with Crippen molar-refractivity contribution in [3.63, 3.8) is 0 Å². The predicted octanol–water partition coefficient (Wildman–Crippen LogP) is 2.42. The summed E-state index contributed by atoms with van der Waals surface area (Å²) in [6, 6.07) is 7.70. The van der Waals surface area contributed by atoms with Crippen LogP contribution in [0.2, 0.25) is 0 Å². The number of carbonyl (C=O) groups is 4. The summed E-state index contributed by atoms with van der Waals surface area (Å²) in [7, 11) is 0. The van der Waals surface area contributed by atoms with Crippen LogP contribution in [-0.4, -0.2) is 41.1 Å². The summed E-state index contributed by atoms with van der Waals surface area (Å²) < 4.78 is 15.8. The van der Waals surface area contributed by atoms with E-state index in [9.17, 15) is 19.2 Å². The van der Waals surface area contributed by atoms with Gasteiger partial charge >= 0.3 is 5.97 Å². The Balaban J connectivity index is 1.84. The molecule has 1 aliphatic heterocycles. The van der Waals surface area contributed by atoms with E-state index in [1.165, 1.54) is 24.5 Å². The van der Waals surface area contributed by atoms with Gasteiger partial charge in [0, 0.05) is 0 Å². The third kappa shape index (κ3) is 4.66. The van der Waals surface area contributed by atoms with Crippen molar-refractivity contribution in [1.29, 1.82) is 0 Å². The van der Waals surface area contributed by atoms with Crippen molar-refractivity contribution < 1.29 is 33.1 Å². The number of hydrogen-bond acceptors (Lipinski definition) is 8. The fraction of sp³-hybridized carbons (Fsp3) is 0.158. The van der Waals surface area contributed by atoms with E-state index >= 15 is 0 Å². The number of hydrogen-bond donors (Lipinski definition) is 1. The smallest absolute Gasteiger partial charge is 0.379 e. The Morgan fingerprint density at radius 1 is 1.24 bits per heavy atom. The molecule has 150 valence electrons. The molecule has 3 rings (SSSR count). The molecule has 0 spiro atoms. The van der Waals surface area contributed by atoms with Crippen molar-refractivity contribution >= 4 is 40.9 Å². The van der Waals surface area contributed by atoms with Crippen LogP contribution in [-0.2, 0) is 9.59 Å². The Hall–Kier alpha value is -3.53. The number of primary amides is 1. The minimum Gasteiger partial charge on any atom is -0.490 e. The number of imide groups is 1. The summed E-state index contributed by atoms with van der Waals surface area (Å²) in [5.74, 6) is -1.58. The Morgan fingerprint density at radius 2 is 2.03 bits per heavy atom. The number of carbonyl (C=O) groups excluding carboxylic acids is 4. The van der Waals surface area contributed by atoms with E-state index in [1.807, 2.05) is 0 Å². The van der Waals surface area contributed by atoms with Gasteiger partial charge in [-0.15, -0.1) is 0 Å². The quantitative estimate of drug-likeness (QED) is 0.414. The number of nitrogens with two attached hydrogens (primary N) is 1. The molecule has 29 heavy (non-hydrogen) atoms. The fourth-order valence-electron chi connectivity index (χ4n) is 2.46. The van der Waals surface area contributed by atoms with Crippen molar-refractivity contribution in [1.82, 2.24) is 4.90 Å². The number of furan rings is 1. The molecule has 0 aliphatic carbocycles. The molecule has 9 nitrogen and oxygen atoms in total. The topological polar surface area (TPSA) is 129 Å². The van der Waals surface area contributed by atoms with E-state index in [2.05, 4.69) is 0 Å². The van der Waals surface area contributed by atoms with Gasteiger partial charge in [0.15, 0.2) is 11.5 Å². The molecule has 1 saturated heterocycles. The van der Waals surface area contributed by atoms with E-state index < -0.39 is 29.6 Å². The molecule has 2 heterocycles. The van der Waals surface area contributed by atoms with E-state index in [1.54, 1.807) is 25.1 Å². The highest BCUT2D eigenvalue weighted by molar-refractivity contribution is 8.18. The predicted molar refractivity (Wildman–Crippen MR) is 103 cm³/mol. The standard InChI is InChI=1S/C19H16N2O7S/c1-2-26-14-8-11(5-6-12(14)28-18(24)13-4-3-7-27-13)9-15-17(23)21(10-16(20)22)19(25)29-15/h3-9H,2,10H2,1H3,(H2,20,22)/b15-9-. The average Bonchev–Trinajstić information content (AvgIpc) is 3.29. The first-order valence-corrected chi connectivity index (χ1v) is 9.27. The summed E-state index contributed by atoms with van der Waals surface area (Å²) in [5.41, 5.74) is 5.60. The molecule has 2 N–H and O–H groups in total. The molecular formula is C19H16N2O7S. The number of amides is 3. The molecular weight excluding hydrogens is 400 g/mol. The SMILES string of the molecule is CCOc1cc(/C=C2\SC(=O)N(CC(N)=O)C2=O)ccc1OC(=O)c1ccco1. The van der Waals surface area contributed by atoms with Gasteiger partial charge < -0.3 is 19.6 Å². The van der Waals surface area contributed by atoms with Gasteiger partial charge in [0.25, 0.3) is 11.1 Å². The van der Waals surface area contributed by atoms with Gasteiger partial charge in [0.2, 0.25) is 11.7 Å². The molecule has 1 aromatic heterocycles. The lowest BCUT2D eigenvalue weighted by Crippen LogP contribution is -2.36. The van der Waals surface area contributed by atoms with Gasteiger partial charge in [-0.05, 0) is 54.6 Å². The van der Waals surface area contributed by atoms with Crippen LogP contribution in [0.25, 0.3) is 6.08 Å². The maximum atomic E-state index is 12.3. The third-order valence-corrected chi connectivity index (χ3v) is 4.59. The second kappa shape index (κ2) is 8.65. The van der Waals surface area contributed by atoms with Crippen LogP contribution in [0, 0.1) is 0 Å². The highest BCUT2D eigenvalue weighted by Gasteiger charge is 2.35. The summed E-state index contributed by atoms with van der Waals surface area (Å²) in [4.78, 5) is 48.2. The van der Waals surface area contributed by atoms with Crippen LogP contribution >= 0.6 is 11.8 Å². The lowest BCUT2D eigenvalue weighted by molar-refractivity contribution is -0.127. The summed E-state index contributed by atoms with van der Waals surface area (Å²) in [5, 5.41) is -0.575. The van der Waals surface area contributed by atoms with Crippen LogP contribution in [0.5, 0.6) is 11.5 Å². The average molecular weight is 416 g/mol. The largest absolute Gasteiger partial charge is 0.490 e. The molecule has 1 fully saturated rings. The van der Waals surface area contributed by atoms with Crippen molar-refractivity contribution in [2.75, 3.05) is 13.2 Å². The zero-order valence-electron chi connectivity index (χ0n) is 15.2. The molecule has 3 amide bonds. The van der Waals surface area contributed by atoms with Gasteiger partial charge in [0.05, 0.1) is 17.8 Å². The summed E-state index contributed by atoms with van der Waals surface area (Å²) >= 11 is 0.703. The first-order chi connectivity index (χ1) is 13.9. The number of ether oxygens (including phenoxy) is 2. The maximum Gasteiger partial charge on any atom is 0.379 e. The number of esters is 1. The summed E-state index contributed by atoms with van der Waals surface area (Å²) in [6.07, 6.45) is 2.83. The molecule has 0 unspecified atom stereocenters. The van der Waals surface area contributed by atoms with Crippen LogP contribution < -0.4 is 15.2 Å². The lowest BCUT2D eigenvalue weighted by atomic mass is 10.2. The van der Waals surface area contributed by atoms with Crippen molar-refractivity contribution in [2.45, 2.75) is 6.92 Å². The van der Waals surface area contributed by atoms with E-state index in [-0.39, 0.29) is 22.2 Å². The van der Waals surface area contributed by atoms with Crippen molar-refractivity contribution in [3.05, 3.63) is 52.8 Å². The molecule has 0 atom stereocenters. The summed E-state index contributed by atoms with van der Waals surface area (Å²) in [6.45, 7) is 1.59. The molecule has 10 heteroatoms. The van der Waals surface area contributed by atoms with Crippen molar-refractivity contribution in [2.24, 2.45) is 5.73 Å². The normalized spacial score (nSPS) is 15.1. The van der Waals surface area contributed by atoms with Crippen molar-refractivity contribution in [3.8, 4) is 11.5 Å². The minimum absolute atomic E-state index is 0.0413. The molecule has 0 bridgehead atoms. The molecule has 0 radical (unpaired) electrons. The van der Waals surface area contributed by atoms with Gasteiger partial charge in [-0.1, -0.05) is 6.07 Å². The highest BCUT2D eigenvalue weighted by atomic mass is 32.2. The zero-order valence-corrected chi connectivity index (χ0v) is 16.1. The maximum absolute atomic E-state index is 12.3. The van der Waals surface area contributed by atoms with E-state index in [0.717, 1.165) is 4.90 Å². The Morgan fingerprint density at radius 3 is 2.69 bits per heavy atom. The van der Waals surface area contributed by atoms with Gasteiger partial charge in [-0.2, -0.15) is 0 Å². The number of rotatable bonds is 7. The molecule has 2 aromatic rings. The first kappa shape index (κ1) is 20.2. The zero-order chi connectivity index (χ0) is 21.0. The number of benzene rings is 1. The fourth-order valence-corrected chi connectivity index (χ4v) is 3.29. The van der Waals surface area contributed by atoms with Crippen LogP contribution in [0.3, 0.4) is 0 Å². The Bertz CT molecular complexity index is 998. The molecule has 1 aromatic carbocycles. The van der Waals surface area contributed by atoms with Crippen LogP contribution in [0.15, 0.2) is 45.9 Å². The molecule has 1 aliphatic rings. The number of nitrogens with zero attached hydrogens (tertiary/aromatic N) is 1. The molecule has 0 saturated carbocycles. The Kier molecular flexibility index (Phi) is 6.03. The lowest BCUT2D eigenvalue weighted by Gasteiger charge is -2.11. The third-order valence-electron chi connectivity index (χ3n) is 3.68. The van der Waals surface area contributed by atoms with E-state index in [4.69, 9.17) is 19.6 Å². The van der Waals surface area contributed by atoms with E-state index in [0.29, 0.717) is 23.9 Å². The second-order valence-corrected chi connectivity index (χ2v) is 6.73. The van der Waals surface area contributed by atoms with Crippen LogP contribution in [0.4, 0.5) is 4.79 Å². The number of thioether (sulfide) groups is 1. The van der Waals surface area contributed by atoms with Gasteiger partial charge in [-0.3, -0.25) is 19.3 Å². The second-order valence-electron chi connectivity index (χ2n) is 5.74. The van der Waals surface area contributed by atoms with Crippen LogP contribution in [0.1, 0.15) is 23.0 Å². The minimum atomic E-state index is -0.782. The Labute approximate surface area is 169 Å². The highest BCUT2D eigenvalue weighted by Crippen LogP contribution is 2.34.